The van der Waals surface area contributed by atoms with E-state index in [1.165, 1.54) is 25.7 Å². The summed E-state index contributed by atoms with van der Waals surface area (Å²) in [6.45, 7) is 12.5. The quantitative estimate of drug-likeness (QED) is 0.795. The van der Waals surface area contributed by atoms with Gasteiger partial charge in [-0.3, -0.25) is 9.69 Å². The van der Waals surface area contributed by atoms with Gasteiger partial charge in [-0.05, 0) is 51.0 Å². The number of nitrogens with zero attached hydrogens (tertiary/aromatic N) is 1. The van der Waals surface area contributed by atoms with E-state index >= 15 is 0 Å². The molecule has 1 rings (SSSR count). The van der Waals surface area contributed by atoms with Crippen LogP contribution >= 0.6 is 0 Å². The van der Waals surface area contributed by atoms with Crippen LogP contribution < -0.4 is 0 Å². The first kappa shape index (κ1) is 17.5. The monoisotopic (exact) mass is 283 g/mol. The van der Waals surface area contributed by atoms with E-state index in [-0.39, 0.29) is 6.42 Å². The van der Waals surface area contributed by atoms with Crippen molar-refractivity contribution in [3.05, 3.63) is 0 Å². The summed E-state index contributed by atoms with van der Waals surface area (Å²) < 4.78 is 0. The minimum atomic E-state index is -0.676. The van der Waals surface area contributed by atoms with Gasteiger partial charge in [-0.1, -0.05) is 33.6 Å². The van der Waals surface area contributed by atoms with Crippen LogP contribution in [-0.2, 0) is 4.79 Å². The van der Waals surface area contributed by atoms with Crippen LogP contribution in [0.3, 0.4) is 0 Å². The third-order valence-corrected chi connectivity index (χ3v) is 4.74. The normalized spacial score (nSPS) is 24.4. The topological polar surface area (TPSA) is 40.5 Å². The molecule has 2 atom stereocenters. The number of carbonyl (C=O) groups is 1. The van der Waals surface area contributed by atoms with E-state index in [1.54, 1.807) is 0 Å². The molecule has 1 aliphatic carbocycles. The maximum atomic E-state index is 10.7. The van der Waals surface area contributed by atoms with Crippen molar-refractivity contribution >= 4 is 5.97 Å². The molecule has 2 unspecified atom stereocenters. The molecule has 118 valence electrons. The second-order valence-electron chi connectivity index (χ2n) is 7.65. The van der Waals surface area contributed by atoms with Crippen LogP contribution in [0.5, 0.6) is 0 Å². The molecule has 0 spiro atoms. The van der Waals surface area contributed by atoms with E-state index in [9.17, 15) is 4.79 Å². The second kappa shape index (κ2) is 7.44. The van der Waals surface area contributed by atoms with Crippen molar-refractivity contribution in [2.24, 2.45) is 11.3 Å². The first-order chi connectivity index (χ1) is 9.23. The van der Waals surface area contributed by atoms with Gasteiger partial charge in [-0.15, -0.1) is 0 Å². The zero-order valence-corrected chi connectivity index (χ0v) is 14.0. The molecule has 0 aromatic carbocycles. The first-order valence-corrected chi connectivity index (χ1v) is 8.21. The molecule has 3 nitrogen and oxygen atoms in total. The Morgan fingerprint density at radius 3 is 2.35 bits per heavy atom. The Morgan fingerprint density at radius 1 is 1.25 bits per heavy atom. The number of aliphatic carboxylic acids is 1. The lowest BCUT2D eigenvalue weighted by Gasteiger charge is -2.47. The Hall–Kier alpha value is -0.570. The summed E-state index contributed by atoms with van der Waals surface area (Å²) in [5.41, 5.74) is 0.338. The molecule has 0 heterocycles. The van der Waals surface area contributed by atoms with Crippen molar-refractivity contribution in [1.82, 2.24) is 4.90 Å². The van der Waals surface area contributed by atoms with Crippen molar-refractivity contribution in [3.8, 4) is 0 Å². The van der Waals surface area contributed by atoms with Crippen molar-refractivity contribution in [2.45, 2.75) is 85.2 Å². The average Bonchev–Trinajstić information content (AvgIpc) is 2.33. The van der Waals surface area contributed by atoms with Gasteiger partial charge in [0.25, 0.3) is 0 Å². The fraction of sp³-hybridized carbons (Fsp3) is 0.941. The highest BCUT2D eigenvalue weighted by Crippen LogP contribution is 2.40. The van der Waals surface area contributed by atoms with E-state index in [0.717, 1.165) is 18.9 Å². The fourth-order valence-corrected chi connectivity index (χ4v) is 3.74. The minimum Gasteiger partial charge on any atom is -0.481 e. The minimum absolute atomic E-state index is 0.288. The third-order valence-electron chi connectivity index (χ3n) is 4.74. The number of hydrogen-bond acceptors (Lipinski definition) is 2. The molecule has 3 heteroatoms. The largest absolute Gasteiger partial charge is 0.481 e. The van der Waals surface area contributed by atoms with Gasteiger partial charge in [-0.25, -0.2) is 0 Å². The summed E-state index contributed by atoms with van der Waals surface area (Å²) in [5, 5.41) is 8.84. The highest BCUT2D eigenvalue weighted by atomic mass is 16.4. The second-order valence-corrected chi connectivity index (χ2v) is 7.65. The predicted octanol–water partition coefficient (Wildman–Crippen LogP) is 4.17. The molecule has 0 saturated heterocycles. The highest BCUT2D eigenvalue weighted by molar-refractivity contribution is 5.66. The zero-order valence-electron chi connectivity index (χ0n) is 14.0. The van der Waals surface area contributed by atoms with Crippen LogP contribution in [0.25, 0.3) is 0 Å². The molecule has 1 saturated carbocycles. The summed E-state index contributed by atoms with van der Waals surface area (Å²) in [6, 6.07) is 1.12. The molecule has 0 amide bonds. The number of rotatable bonds is 6. The van der Waals surface area contributed by atoms with Crippen LogP contribution in [0.1, 0.15) is 73.1 Å². The van der Waals surface area contributed by atoms with E-state index in [0.29, 0.717) is 17.5 Å². The average molecular weight is 283 g/mol. The lowest BCUT2D eigenvalue weighted by Crippen LogP contribution is -2.50. The van der Waals surface area contributed by atoms with Gasteiger partial charge in [-0.2, -0.15) is 0 Å². The fourth-order valence-electron chi connectivity index (χ4n) is 3.74. The van der Waals surface area contributed by atoms with Crippen molar-refractivity contribution in [3.63, 3.8) is 0 Å². The van der Waals surface area contributed by atoms with Gasteiger partial charge in [0.1, 0.15) is 0 Å². The Kier molecular flexibility index (Phi) is 6.50. The van der Waals surface area contributed by atoms with Crippen LogP contribution in [-0.4, -0.2) is 34.6 Å². The summed E-state index contributed by atoms with van der Waals surface area (Å²) in [7, 11) is 0. The van der Waals surface area contributed by atoms with Gasteiger partial charge >= 0.3 is 5.97 Å². The Balaban J connectivity index is 2.74. The van der Waals surface area contributed by atoms with Gasteiger partial charge < -0.3 is 5.11 Å². The van der Waals surface area contributed by atoms with Crippen LogP contribution in [0.4, 0.5) is 0 Å². The molecule has 20 heavy (non-hydrogen) atoms. The molecule has 0 aliphatic heterocycles. The standard InChI is InChI=1S/C17H33NO2/c1-13(2)18(12-8-11-16(19)20)15-10-7-6-9-14(15)17(3,4)5/h13-15H,6-12H2,1-5H3,(H,19,20). The molecule has 1 aliphatic rings. The van der Waals surface area contributed by atoms with E-state index in [4.69, 9.17) is 5.11 Å². The van der Waals surface area contributed by atoms with Crippen LogP contribution in [0.2, 0.25) is 0 Å². The summed E-state index contributed by atoms with van der Waals surface area (Å²) in [6.07, 6.45) is 6.30. The molecular weight excluding hydrogens is 250 g/mol. The van der Waals surface area contributed by atoms with E-state index in [2.05, 4.69) is 39.5 Å². The van der Waals surface area contributed by atoms with Gasteiger partial charge in [0.05, 0.1) is 0 Å². The SMILES string of the molecule is CC(C)N(CCCC(=O)O)C1CCCCC1C(C)(C)C. The van der Waals surface area contributed by atoms with E-state index in [1.807, 2.05) is 0 Å². The van der Waals surface area contributed by atoms with E-state index < -0.39 is 5.97 Å². The molecule has 1 N–H and O–H groups in total. The first-order valence-electron chi connectivity index (χ1n) is 8.21. The Labute approximate surface area is 124 Å². The molecule has 0 bridgehead atoms. The molecule has 1 fully saturated rings. The molecular formula is C17H33NO2. The lowest BCUT2D eigenvalue weighted by molar-refractivity contribution is -0.137. The number of hydrogen-bond donors (Lipinski definition) is 1. The lowest BCUT2D eigenvalue weighted by atomic mass is 9.69. The summed E-state index contributed by atoms with van der Waals surface area (Å²) in [5.74, 6) is 0.0493. The van der Waals surface area contributed by atoms with Crippen LogP contribution in [0.15, 0.2) is 0 Å². The zero-order chi connectivity index (χ0) is 15.3. The number of carboxylic acids is 1. The van der Waals surface area contributed by atoms with Gasteiger partial charge in [0, 0.05) is 18.5 Å². The third kappa shape index (κ3) is 5.08. The summed E-state index contributed by atoms with van der Waals surface area (Å²) >= 11 is 0. The Bertz CT molecular complexity index is 307. The molecule has 0 aromatic heterocycles. The molecule has 0 aromatic rings. The Morgan fingerprint density at radius 2 is 1.85 bits per heavy atom. The number of carboxylic acid groups (broad SMARTS) is 1. The van der Waals surface area contributed by atoms with Crippen molar-refractivity contribution < 1.29 is 9.90 Å². The maximum absolute atomic E-state index is 10.7. The maximum Gasteiger partial charge on any atom is 0.303 e. The van der Waals surface area contributed by atoms with Crippen molar-refractivity contribution in [2.75, 3.05) is 6.54 Å². The van der Waals surface area contributed by atoms with Gasteiger partial charge in [0.2, 0.25) is 0 Å². The smallest absolute Gasteiger partial charge is 0.303 e. The van der Waals surface area contributed by atoms with Crippen LogP contribution in [0, 0.1) is 11.3 Å². The van der Waals surface area contributed by atoms with Gasteiger partial charge in [0.15, 0.2) is 0 Å². The summed E-state index contributed by atoms with van der Waals surface area (Å²) in [4.78, 5) is 13.3. The molecule has 0 radical (unpaired) electrons. The highest BCUT2D eigenvalue weighted by Gasteiger charge is 2.37. The van der Waals surface area contributed by atoms with Crippen molar-refractivity contribution in [1.29, 1.82) is 0 Å². The predicted molar refractivity (Wildman–Crippen MR) is 83.9 cm³/mol.